The molecule has 0 saturated carbocycles. The van der Waals surface area contributed by atoms with Gasteiger partial charge in [-0.3, -0.25) is 4.57 Å². The standard InChI is InChI=1S/C18H13N5O/c19-10-12-2-1-3-13(8-12)18-20-6-7-23(18)14-4-5-15-16(9-14)22-17(11-24)21-15/h1-9,24H,11H2,(H,21,22). The number of fused-ring (bicyclic) bond motifs is 1. The van der Waals surface area contributed by atoms with E-state index < -0.39 is 0 Å². The minimum atomic E-state index is -0.124. The van der Waals surface area contributed by atoms with Crippen molar-refractivity contribution in [1.29, 1.82) is 5.26 Å². The molecule has 2 heterocycles. The molecule has 2 aromatic heterocycles. The zero-order valence-electron chi connectivity index (χ0n) is 12.6. The van der Waals surface area contributed by atoms with Gasteiger partial charge in [-0.15, -0.1) is 0 Å². The Morgan fingerprint density at radius 2 is 2.12 bits per heavy atom. The Morgan fingerprint density at radius 1 is 1.21 bits per heavy atom. The van der Waals surface area contributed by atoms with Gasteiger partial charge in [-0.25, -0.2) is 9.97 Å². The molecule has 116 valence electrons. The zero-order valence-corrected chi connectivity index (χ0v) is 12.6. The summed E-state index contributed by atoms with van der Waals surface area (Å²) < 4.78 is 1.95. The number of rotatable bonds is 3. The van der Waals surface area contributed by atoms with E-state index in [1.54, 1.807) is 12.3 Å². The van der Waals surface area contributed by atoms with Crippen LogP contribution in [-0.4, -0.2) is 24.6 Å². The van der Waals surface area contributed by atoms with Crippen molar-refractivity contribution in [2.24, 2.45) is 0 Å². The Bertz CT molecular complexity index is 1070. The summed E-state index contributed by atoms with van der Waals surface area (Å²) in [6.45, 7) is -0.124. The van der Waals surface area contributed by atoms with E-state index in [2.05, 4.69) is 21.0 Å². The number of aliphatic hydroxyl groups excluding tert-OH is 1. The van der Waals surface area contributed by atoms with Gasteiger partial charge in [0.15, 0.2) is 0 Å². The molecule has 0 atom stereocenters. The Balaban J connectivity index is 1.83. The number of hydrogen-bond donors (Lipinski definition) is 2. The van der Waals surface area contributed by atoms with Crippen LogP contribution in [0.3, 0.4) is 0 Å². The van der Waals surface area contributed by atoms with E-state index in [4.69, 9.17) is 5.26 Å². The molecular weight excluding hydrogens is 302 g/mol. The summed E-state index contributed by atoms with van der Waals surface area (Å²) in [5.74, 6) is 1.29. The molecule has 0 amide bonds. The zero-order chi connectivity index (χ0) is 16.5. The number of aliphatic hydroxyl groups is 1. The lowest BCUT2D eigenvalue weighted by atomic mass is 10.1. The molecule has 2 N–H and O–H groups in total. The van der Waals surface area contributed by atoms with Gasteiger partial charge in [-0.1, -0.05) is 12.1 Å². The molecule has 0 fully saturated rings. The summed E-state index contributed by atoms with van der Waals surface area (Å²) in [6, 6.07) is 15.3. The second-order valence-corrected chi connectivity index (χ2v) is 5.36. The minimum Gasteiger partial charge on any atom is -0.388 e. The lowest BCUT2D eigenvalue weighted by molar-refractivity contribution is 0.273. The highest BCUT2D eigenvalue weighted by Gasteiger charge is 2.10. The SMILES string of the molecule is N#Cc1cccc(-c2nccn2-c2ccc3nc(CO)[nH]c3c2)c1. The summed E-state index contributed by atoms with van der Waals surface area (Å²) in [5, 5.41) is 18.3. The highest BCUT2D eigenvalue weighted by Crippen LogP contribution is 2.24. The number of hydrogen-bond acceptors (Lipinski definition) is 4. The maximum Gasteiger partial charge on any atom is 0.144 e. The molecule has 0 unspecified atom stereocenters. The number of aromatic nitrogens is 4. The first-order valence-corrected chi connectivity index (χ1v) is 7.42. The molecule has 0 bridgehead atoms. The highest BCUT2D eigenvalue weighted by atomic mass is 16.3. The lowest BCUT2D eigenvalue weighted by Gasteiger charge is -2.08. The third-order valence-electron chi connectivity index (χ3n) is 3.83. The second kappa shape index (κ2) is 5.65. The number of nitriles is 1. The van der Waals surface area contributed by atoms with Crippen molar-refractivity contribution in [1.82, 2.24) is 19.5 Å². The van der Waals surface area contributed by atoms with Crippen LogP contribution < -0.4 is 0 Å². The molecule has 0 spiro atoms. The van der Waals surface area contributed by atoms with Gasteiger partial charge in [0.25, 0.3) is 0 Å². The average Bonchev–Trinajstić information content (AvgIpc) is 3.27. The first-order chi connectivity index (χ1) is 11.8. The maximum absolute atomic E-state index is 9.20. The summed E-state index contributed by atoms with van der Waals surface area (Å²) in [6.07, 6.45) is 3.60. The van der Waals surface area contributed by atoms with Crippen LogP contribution in [0.2, 0.25) is 0 Å². The normalized spacial score (nSPS) is 10.8. The summed E-state index contributed by atoms with van der Waals surface area (Å²) in [5.41, 5.74) is 4.04. The highest BCUT2D eigenvalue weighted by molar-refractivity contribution is 5.78. The predicted octanol–water partition coefficient (Wildman–Crippen LogP) is 2.78. The third kappa shape index (κ3) is 2.33. The molecule has 6 nitrogen and oxygen atoms in total. The Kier molecular flexibility index (Phi) is 3.34. The molecule has 24 heavy (non-hydrogen) atoms. The van der Waals surface area contributed by atoms with Crippen molar-refractivity contribution in [2.45, 2.75) is 6.61 Å². The summed E-state index contributed by atoms with van der Waals surface area (Å²) in [4.78, 5) is 11.8. The van der Waals surface area contributed by atoms with Crippen LogP contribution in [0.4, 0.5) is 0 Å². The molecule has 0 aliphatic heterocycles. The Morgan fingerprint density at radius 3 is 2.96 bits per heavy atom. The lowest BCUT2D eigenvalue weighted by Crippen LogP contribution is -1.96. The van der Waals surface area contributed by atoms with Gasteiger partial charge in [0.05, 0.1) is 22.7 Å². The van der Waals surface area contributed by atoms with Crippen LogP contribution in [0.15, 0.2) is 54.9 Å². The average molecular weight is 315 g/mol. The van der Waals surface area contributed by atoms with Gasteiger partial charge in [0.1, 0.15) is 18.3 Å². The van der Waals surface area contributed by atoms with Gasteiger partial charge in [-0.2, -0.15) is 5.26 Å². The quantitative estimate of drug-likeness (QED) is 0.608. The van der Waals surface area contributed by atoms with Crippen LogP contribution in [0.5, 0.6) is 0 Å². The molecule has 0 radical (unpaired) electrons. The van der Waals surface area contributed by atoms with Crippen molar-refractivity contribution in [2.75, 3.05) is 0 Å². The fourth-order valence-corrected chi connectivity index (χ4v) is 2.73. The molecule has 0 aliphatic carbocycles. The molecule has 6 heteroatoms. The van der Waals surface area contributed by atoms with E-state index in [1.165, 1.54) is 0 Å². The summed E-state index contributed by atoms with van der Waals surface area (Å²) >= 11 is 0. The largest absolute Gasteiger partial charge is 0.388 e. The maximum atomic E-state index is 9.20. The minimum absolute atomic E-state index is 0.124. The van der Waals surface area contributed by atoms with E-state index in [1.807, 2.05) is 47.2 Å². The first-order valence-electron chi connectivity index (χ1n) is 7.42. The van der Waals surface area contributed by atoms with Crippen molar-refractivity contribution in [3.05, 3.63) is 66.2 Å². The molecule has 2 aromatic carbocycles. The van der Waals surface area contributed by atoms with Crippen LogP contribution in [-0.2, 0) is 6.61 Å². The first kappa shape index (κ1) is 14.2. The predicted molar refractivity (Wildman–Crippen MR) is 89.3 cm³/mol. The molecule has 0 aliphatic rings. The van der Waals surface area contributed by atoms with E-state index >= 15 is 0 Å². The number of imidazole rings is 2. The van der Waals surface area contributed by atoms with Crippen LogP contribution >= 0.6 is 0 Å². The van der Waals surface area contributed by atoms with Gasteiger partial charge in [-0.05, 0) is 30.3 Å². The van der Waals surface area contributed by atoms with Crippen LogP contribution in [0.25, 0.3) is 28.1 Å². The van der Waals surface area contributed by atoms with Crippen molar-refractivity contribution in [3.8, 4) is 23.1 Å². The monoisotopic (exact) mass is 315 g/mol. The number of H-pyrrole nitrogens is 1. The van der Waals surface area contributed by atoms with E-state index in [0.717, 1.165) is 28.1 Å². The van der Waals surface area contributed by atoms with Crippen molar-refractivity contribution >= 4 is 11.0 Å². The number of nitrogens with one attached hydrogen (secondary N) is 1. The van der Waals surface area contributed by atoms with Crippen molar-refractivity contribution in [3.63, 3.8) is 0 Å². The smallest absolute Gasteiger partial charge is 0.144 e. The third-order valence-corrected chi connectivity index (χ3v) is 3.83. The van der Waals surface area contributed by atoms with Gasteiger partial charge in [0, 0.05) is 23.6 Å². The number of nitrogens with zero attached hydrogens (tertiary/aromatic N) is 4. The van der Waals surface area contributed by atoms with Gasteiger partial charge < -0.3 is 10.1 Å². The van der Waals surface area contributed by atoms with E-state index in [9.17, 15) is 5.11 Å². The Labute approximate surface area is 137 Å². The van der Waals surface area contributed by atoms with Crippen LogP contribution in [0, 0.1) is 11.3 Å². The fraction of sp³-hybridized carbons (Fsp3) is 0.0556. The molecule has 4 rings (SSSR count). The fourth-order valence-electron chi connectivity index (χ4n) is 2.73. The molecule has 0 saturated heterocycles. The summed E-state index contributed by atoms with van der Waals surface area (Å²) in [7, 11) is 0. The van der Waals surface area contributed by atoms with E-state index in [0.29, 0.717) is 11.4 Å². The van der Waals surface area contributed by atoms with Gasteiger partial charge in [0.2, 0.25) is 0 Å². The second-order valence-electron chi connectivity index (χ2n) is 5.36. The Hall–Kier alpha value is -3.43. The van der Waals surface area contributed by atoms with Crippen LogP contribution in [0.1, 0.15) is 11.4 Å². The van der Waals surface area contributed by atoms with Gasteiger partial charge >= 0.3 is 0 Å². The number of benzene rings is 2. The topological polar surface area (TPSA) is 90.5 Å². The molecular formula is C18H13N5O. The van der Waals surface area contributed by atoms with Crippen molar-refractivity contribution < 1.29 is 5.11 Å². The number of aromatic amines is 1. The molecule has 4 aromatic rings. The van der Waals surface area contributed by atoms with E-state index in [-0.39, 0.29) is 6.61 Å².